The quantitative estimate of drug-likeness (QED) is 0.365. The number of allylic oxidation sites excluding steroid dienone is 1. The van der Waals surface area contributed by atoms with Crippen LogP contribution in [0.4, 0.5) is 0 Å². The molecule has 0 saturated heterocycles. The van der Waals surface area contributed by atoms with E-state index in [9.17, 15) is 4.79 Å². The number of hydrogen-bond donors (Lipinski definition) is 0. The van der Waals surface area contributed by atoms with Crippen LogP contribution in [0.5, 0.6) is 0 Å². The summed E-state index contributed by atoms with van der Waals surface area (Å²) in [6.07, 6.45) is 2.95. The Morgan fingerprint density at radius 1 is 1.67 bits per heavy atom. The van der Waals surface area contributed by atoms with Crippen LogP contribution in [0.2, 0.25) is 0 Å². The van der Waals surface area contributed by atoms with Crippen LogP contribution < -0.4 is 0 Å². The van der Waals surface area contributed by atoms with Gasteiger partial charge < -0.3 is 4.74 Å². The molecule has 0 rings (SSSR count). The average Bonchev–Trinajstić information content (AvgIpc) is 1.61. The third-order valence-corrected chi connectivity index (χ3v) is 0.270. The number of rotatable bonds is 2. The summed E-state index contributed by atoms with van der Waals surface area (Å²) in [6, 6.07) is 0. The molecule has 0 atom stereocenters. The maximum absolute atomic E-state index is 9.29. The molecule has 34 valence electrons. The molecule has 0 N–H and O–H groups in total. The summed E-state index contributed by atoms with van der Waals surface area (Å²) in [5.41, 5.74) is 0. The molecule has 0 spiro atoms. The molecule has 0 aliphatic heterocycles. The SMILES string of the molecule is CC=COC=O. The van der Waals surface area contributed by atoms with Crippen LogP contribution in [0.25, 0.3) is 0 Å². The number of carbonyl (C=O) groups is 1. The van der Waals surface area contributed by atoms with Crippen molar-refractivity contribution in [3.63, 3.8) is 0 Å². The molecule has 0 aromatic rings. The fourth-order valence-electron chi connectivity index (χ4n) is 0.111. The van der Waals surface area contributed by atoms with Crippen LogP contribution in [0, 0.1) is 0 Å². The molecule has 0 saturated carbocycles. The predicted octanol–water partition coefficient (Wildman–Crippen LogP) is 0.693. The molecular weight excluding hydrogens is 80.0 g/mol. The monoisotopic (exact) mass is 86.0 g/mol. The van der Waals surface area contributed by atoms with Crippen molar-refractivity contribution in [3.05, 3.63) is 12.3 Å². The lowest BCUT2D eigenvalue weighted by molar-refractivity contribution is -0.123. The van der Waals surface area contributed by atoms with E-state index in [1.54, 1.807) is 13.0 Å². The highest BCUT2D eigenvalue weighted by Gasteiger charge is 1.58. The zero-order chi connectivity index (χ0) is 4.83. The smallest absolute Gasteiger partial charge is 0.297 e. The van der Waals surface area contributed by atoms with Crippen molar-refractivity contribution in [2.45, 2.75) is 6.92 Å². The molecular formula is C4H6O2. The third-order valence-electron chi connectivity index (χ3n) is 0.270. The van der Waals surface area contributed by atoms with E-state index in [0.717, 1.165) is 0 Å². The van der Waals surface area contributed by atoms with Gasteiger partial charge in [-0.15, -0.1) is 0 Å². The summed E-state index contributed by atoms with van der Waals surface area (Å²) in [4.78, 5) is 9.29. The van der Waals surface area contributed by atoms with Crippen molar-refractivity contribution >= 4 is 6.47 Å². The summed E-state index contributed by atoms with van der Waals surface area (Å²) < 4.78 is 4.12. The Bertz CT molecular complexity index is 56.6. The summed E-state index contributed by atoms with van der Waals surface area (Å²) in [6.45, 7) is 2.14. The number of ether oxygens (including phenoxy) is 1. The third kappa shape index (κ3) is 3.21. The van der Waals surface area contributed by atoms with Crippen LogP contribution in [-0.2, 0) is 9.53 Å². The Balaban J connectivity index is 2.85. The highest BCUT2D eigenvalue weighted by atomic mass is 16.5. The molecule has 0 aromatic heterocycles. The summed E-state index contributed by atoms with van der Waals surface area (Å²) >= 11 is 0. The van der Waals surface area contributed by atoms with E-state index in [0.29, 0.717) is 6.47 Å². The Labute approximate surface area is 36.4 Å². The highest BCUT2D eigenvalue weighted by molar-refractivity contribution is 5.38. The van der Waals surface area contributed by atoms with Crippen molar-refractivity contribution in [3.8, 4) is 0 Å². The van der Waals surface area contributed by atoms with Gasteiger partial charge in [0.2, 0.25) is 0 Å². The summed E-state index contributed by atoms with van der Waals surface area (Å²) in [5.74, 6) is 0. The van der Waals surface area contributed by atoms with Crippen LogP contribution in [-0.4, -0.2) is 6.47 Å². The van der Waals surface area contributed by atoms with Crippen molar-refractivity contribution in [2.75, 3.05) is 0 Å². The van der Waals surface area contributed by atoms with Gasteiger partial charge >= 0.3 is 0 Å². The average molecular weight is 86.1 g/mol. The molecule has 0 heterocycles. The van der Waals surface area contributed by atoms with Gasteiger partial charge in [0.1, 0.15) is 0 Å². The predicted molar refractivity (Wildman–Crippen MR) is 22.0 cm³/mol. The molecule has 0 aromatic carbocycles. The minimum Gasteiger partial charge on any atom is -0.437 e. The van der Waals surface area contributed by atoms with E-state index < -0.39 is 0 Å². The van der Waals surface area contributed by atoms with E-state index in [4.69, 9.17) is 0 Å². The molecule has 6 heavy (non-hydrogen) atoms. The molecule has 0 amide bonds. The first kappa shape index (κ1) is 5.21. The van der Waals surface area contributed by atoms with E-state index in [2.05, 4.69) is 4.74 Å². The Morgan fingerprint density at radius 3 is 2.50 bits per heavy atom. The van der Waals surface area contributed by atoms with Crippen molar-refractivity contribution in [2.24, 2.45) is 0 Å². The minimum atomic E-state index is 0.375. The van der Waals surface area contributed by atoms with Crippen molar-refractivity contribution < 1.29 is 9.53 Å². The first-order valence-corrected chi connectivity index (χ1v) is 1.62. The van der Waals surface area contributed by atoms with Gasteiger partial charge in [0.05, 0.1) is 6.26 Å². The van der Waals surface area contributed by atoms with Gasteiger partial charge in [0, 0.05) is 0 Å². The molecule has 2 nitrogen and oxygen atoms in total. The second-order valence-corrected chi connectivity index (χ2v) is 0.702. The van der Waals surface area contributed by atoms with Gasteiger partial charge in [0.25, 0.3) is 6.47 Å². The van der Waals surface area contributed by atoms with Crippen molar-refractivity contribution in [1.82, 2.24) is 0 Å². The zero-order valence-electron chi connectivity index (χ0n) is 3.55. The topological polar surface area (TPSA) is 26.3 Å². The van der Waals surface area contributed by atoms with Gasteiger partial charge in [-0.05, 0) is 6.92 Å². The van der Waals surface area contributed by atoms with Gasteiger partial charge in [0.15, 0.2) is 0 Å². The lowest BCUT2D eigenvalue weighted by Gasteiger charge is -1.74. The van der Waals surface area contributed by atoms with Gasteiger partial charge in [-0.3, -0.25) is 4.79 Å². The number of hydrogen-bond acceptors (Lipinski definition) is 2. The maximum atomic E-state index is 9.29. The normalized spacial score (nSPS) is 8.83. The molecule has 0 aliphatic carbocycles. The van der Waals surface area contributed by atoms with Crippen LogP contribution in [0.3, 0.4) is 0 Å². The summed E-state index contributed by atoms with van der Waals surface area (Å²) in [7, 11) is 0. The maximum Gasteiger partial charge on any atom is 0.297 e. The van der Waals surface area contributed by atoms with Crippen LogP contribution in [0.1, 0.15) is 6.92 Å². The molecule has 0 unspecified atom stereocenters. The Kier molecular flexibility index (Phi) is 3.66. The first-order valence-electron chi connectivity index (χ1n) is 1.62. The van der Waals surface area contributed by atoms with Crippen LogP contribution in [0.15, 0.2) is 12.3 Å². The fraction of sp³-hybridized carbons (Fsp3) is 0.250. The molecule has 0 bridgehead atoms. The van der Waals surface area contributed by atoms with Crippen molar-refractivity contribution in [1.29, 1.82) is 0 Å². The second kappa shape index (κ2) is 4.21. The van der Waals surface area contributed by atoms with E-state index in [1.807, 2.05) is 0 Å². The number of carbonyl (C=O) groups excluding carboxylic acids is 1. The second-order valence-electron chi connectivity index (χ2n) is 0.702. The Hall–Kier alpha value is -0.790. The lowest BCUT2D eigenvalue weighted by Crippen LogP contribution is -1.68. The van der Waals surface area contributed by atoms with E-state index in [1.165, 1.54) is 6.26 Å². The van der Waals surface area contributed by atoms with E-state index in [-0.39, 0.29) is 0 Å². The van der Waals surface area contributed by atoms with Crippen LogP contribution >= 0.6 is 0 Å². The molecule has 0 aliphatic rings. The van der Waals surface area contributed by atoms with Gasteiger partial charge in [-0.25, -0.2) is 0 Å². The zero-order valence-corrected chi connectivity index (χ0v) is 3.55. The minimum absolute atomic E-state index is 0.375. The lowest BCUT2D eigenvalue weighted by atomic mass is 10.7. The Morgan fingerprint density at radius 2 is 2.33 bits per heavy atom. The first-order chi connectivity index (χ1) is 2.91. The summed E-state index contributed by atoms with van der Waals surface area (Å²) in [5, 5.41) is 0. The fourth-order valence-corrected chi connectivity index (χ4v) is 0.111. The van der Waals surface area contributed by atoms with Gasteiger partial charge in [-0.1, -0.05) is 6.08 Å². The van der Waals surface area contributed by atoms with E-state index >= 15 is 0 Å². The highest BCUT2D eigenvalue weighted by Crippen LogP contribution is 1.65. The van der Waals surface area contributed by atoms with Gasteiger partial charge in [-0.2, -0.15) is 0 Å². The standard InChI is InChI=1S/C4H6O2/c1-2-3-6-4-5/h2-4H,1H3. The molecule has 0 radical (unpaired) electrons. The molecule has 0 fully saturated rings. The molecule has 2 heteroatoms. The largest absolute Gasteiger partial charge is 0.437 e.